The summed E-state index contributed by atoms with van der Waals surface area (Å²) in [7, 11) is 1.97. The predicted molar refractivity (Wildman–Crippen MR) is 201 cm³/mol. The average molecular weight is 736 g/mol. The molecule has 0 radical (unpaired) electrons. The first kappa shape index (κ1) is 35.6. The largest absolute Gasteiger partial charge is 0.454 e. The highest BCUT2D eigenvalue weighted by molar-refractivity contribution is 5.86. The van der Waals surface area contributed by atoms with Crippen LogP contribution in [-0.4, -0.2) is 74.8 Å². The molecular weight excluding hydrogens is 679 g/mol. The summed E-state index contributed by atoms with van der Waals surface area (Å²) in [5, 5.41) is 56.6. The van der Waals surface area contributed by atoms with E-state index in [1.54, 1.807) is 6.08 Å². The van der Waals surface area contributed by atoms with Gasteiger partial charge in [-0.3, -0.25) is 0 Å². The quantitative estimate of drug-likeness (QED) is 0.128. The van der Waals surface area contributed by atoms with Gasteiger partial charge < -0.3 is 35.3 Å². The summed E-state index contributed by atoms with van der Waals surface area (Å²) < 4.78 is 6.22. The number of carbonyl (C=O) groups excluding carboxylic acids is 2. The maximum atomic E-state index is 14.0. The molecule has 17 atom stereocenters. The highest BCUT2D eigenvalue weighted by atomic mass is 16.5. The molecule has 288 valence electrons. The first-order valence-electron chi connectivity index (χ1n) is 21.1. The summed E-state index contributed by atoms with van der Waals surface area (Å²) in [5.74, 6) is 5.56. The number of nitrogens with one attached hydrogen (secondary N) is 1. The minimum absolute atomic E-state index is 0.0166. The summed E-state index contributed by atoms with van der Waals surface area (Å²) in [5.41, 5.74) is -3.78. The van der Waals surface area contributed by atoms with Gasteiger partial charge in [-0.1, -0.05) is 49.1 Å². The average Bonchev–Trinajstić information content (AvgIpc) is 3.62. The minimum Gasteiger partial charge on any atom is -0.454 e. The smallest absolute Gasteiger partial charge is 0.331 e. The molecule has 0 unspecified atom stereocenters. The number of esters is 1. The van der Waals surface area contributed by atoms with Crippen LogP contribution in [0, 0.1) is 75.9 Å². The molecule has 8 heteroatoms. The molecule has 0 saturated heterocycles. The van der Waals surface area contributed by atoms with Crippen LogP contribution in [0.3, 0.4) is 0 Å². The molecule has 1 aliphatic heterocycles. The Labute approximate surface area is 319 Å². The van der Waals surface area contributed by atoms with Gasteiger partial charge in [0.2, 0.25) is 0 Å². The van der Waals surface area contributed by atoms with Crippen molar-refractivity contribution in [1.29, 1.82) is 0 Å². The summed E-state index contributed by atoms with van der Waals surface area (Å²) >= 11 is 0. The Hall–Kier alpha value is -2.80. The molecule has 11 rings (SSSR count). The monoisotopic (exact) mass is 735 g/mol. The molecule has 10 aliphatic rings. The van der Waals surface area contributed by atoms with E-state index in [-0.39, 0.29) is 54.4 Å². The van der Waals surface area contributed by atoms with Gasteiger partial charge in [0.15, 0.2) is 0 Å². The number of allylic oxidation sites excluding steroid dienone is 2. The number of aliphatic hydroxyl groups excluding tert-OH is 1. The summed E-state index contributed by atoms with van der Waals surface area (Å²) in [6, 6.07) is 8.26. The predicted octanol–water partition coefficient (Wildman–Crippen LogP) is 4.66. The molecule has 6 saturated carbocycles. The van der Waals surface area contributed by atoms with Crippen molar-refractivity contribution >= 4 is 12.3 Å². The van der Waals surface area contributed by atoms with Crippen molar-refractivity contribution < 1.29 is 34.8 Å². The number of aliphatic hydroxyl groups is 4. The molecule has 0 aromatic heterocycles. The van der Waals surface area contributed by atoms with Crippen LogP contribution in [-0.2, 0) is 20.7 Å². The zero-order valence-corrected chi connectivity index (χ0v) is 31.8. The van der Waals surface area contributed by atoms with Gasteiger partial charge in [0, 0.05) is 47.3 Å². The van der Waals surface area contributed by atoms with Crippen LogP contribution in [0.1, 0.15) is 95.1 Å². The Bertz CT molecular complexity index is 1880. The van der Waals surface area contributed by atoms with Gasteiger partial charge in [-0.25, -0.2) is 4.79 Å². The zero-order chi connectivity index (χ0) is 37.4. The number of hydrogen-bond acceptors (Lipinski definition) is 8. The van der Waals surface area contributed by atoms with Crippen molar-refractivity contribution in [3.8, 4) is 11.8 Å². The summed E-state index contributed by atoms with van der Waals surface area (Å²) in [6.45, 7) is 2.27. The topological polar surface area (TPSA) is 136 Å². The second kappa shape index (κ2) is 12.1. The molecule has 0 amide bonds. The first-order valence-corrected chi connectivity index (χ1v) is 21.1. The van der Waals surface area contributed by atoms with E-state index in [4.69, 9.17) is 4.74 Å². The molecule has 1 spiro atoms. The van der Waals surface area contributed by atoms with Crippen LogP contribution in [0.5, 0.6) is 0 Å². The van der Waals surface area contributed by atoms with Gasteiger partial charge >= 0.3 is 5.97 Å². The van der Waals surface area contributed by atoms with Crippen LogP contribution in [0.15, 0.2) is 48.1 Å². The van der Waals surface area contributed by atoms with E-state index in [9.17, 15) is 30.0 Å². The van der Waals surface area contributed by atoms with Gasteiger partial charge in [0.05, 0.1) is 22.7 Å². The fourth-order valence-corrected chi connectivity index (χ4v) is 15.9. The fraction of sp³-hybridized carbons (Fsp3) is 0.696. The molecule has 5 N–H and O–H groups in total. The van der Waals surface area contributed by atoms with Crippen molar-refractivity contribution in [1.82, 2.24) is 5.32 Å². The minimum atomic E-state index is -1.67. The second-order valence-corrected chi connectivity index (χ2v) is 19.5. The maximum absolute atomic E-state index is 14.0. The number of benzene rings is 1. The number of fused-ring (bicyclic) bond motifs is 7. The van der Waals surface area contributed by atoms with Crippen LogP contribution >= 0.6 is 0 Å². The van der Waals surface area contributed by atoms with Crippen molar-refractivity contribution in [2.24, 2.45) is 64.1 Å². The van der Waals surface area contributed by atoms with Gasteiger partial charge in [-0.05, 0) is 137 Å². The zero-order valence-electron chi connectivity index (χ0n) is 31.8. The van der Waals surface area contributed by atoms with Crippen molar-refractivity contribution in [2.75, 3.05) is 7.05 Å². The third kappa shape index (κ3) is 4.34. The van der Waals surface area contributed by atoms with Crippen LogP contribution in [0.2, 0.25) is 0 Å². The lowest BCUT2D eigenvalue weighted by Crippen LogP contribution is -2.80. The van der Waals surface area contributed by atoms with Gasteiger partial charge in [0.1, 0.15) is 18.0 Å². The SMILES string of the molecule is CN[C@@H]1Cc2ccccc2C#CCC[C@]23CC[C@H]4[C@@](O)(C[C@@H]5C[C@H]6[C@H](C=CC[C@@H]6C)C[C@@H]6[C@@H](O)CC[C@@]4(C=O)[C@]56O)[C@@]2(O)C[C@@H]2C[C@@H]1[C@@H]1OC(=O)C=C1[C@@H]23. The highest BCUT2D eigenvalue weighted by Crippen LogP contribution is 2.77. The van der Waals surface area contributed by atoms with Crippen molar-refractivity contribution in [3.63, 3.8) is 0 Å². The Morgan fingerprint density at radius 2 is 1.85 bits per heavy atom. The molecule has 9 aliphatic carbocycles. The number of hydrogen-bond donors (Lipinski definition) is 5. The van der Waals surface area contributed by atoms with E-state index < -0.39 is 57.6 Å². The maximum Gasteiger partial charge on any atom is 0.331 e. The molecule has 1 aromatic rings. The summed E-state index contributed by atoms with van der Waals surface area (Å²) in [6.07, 6.45) is 13.0. The summed E-state index contributed by atoms with van der Waals surface area (Å²) in [4.78, 5) is 27.3. The number of rotatable bonds is 2. The third-order valence-corrected chi connectivity index (χ3v) is 18.0. The standard InChI is InChI=1S/C46H57NO7/c1-26-8-7-12-29-19-35-37(49)13-16-43(25-48)38-14-17-42-15-6-5-10-27-9-3-4-11-28(27)20-36(47-2)33-18-30(40(42)34-22-39(50)54-41(33)34)23-45(42,52)44(38,51)24-31(21-32(26)29)46(35,43)53/h3-4,7,9,11-12,22,25-26,29-33,35-38,40-41,47,49,51-53H,6,8,13-21,23-24H2,1-2H3/t26-,29+,30-,31-,32+,33-,35+,36+,37-,38+,40+,41-,42+,43-,44-,45+,46-/m0/s1. The van der Waals surface area contributed by atoms with Gasteiger partial charge in [-0.2, -0.15) is 0 Å². The van der Waals surface area contributed by atoms with Gasteiger partial charge in [-0.15, -0.1) is 0 Å². The lowest BCUT2D eigenvalue weighted by Gasteiger charge is -2.72. The second-order valence-electron chi connectivity index (χ2n) is 19.5. The normalized spacial score (nSPS) is 52.4. The number of ether oxygens (including phenoxy) is 1. The molecule has 4 bridgehead atoms. The molecular formula is C46H57NO7. The molecule has 54 heavy (non-hydrogen) atoms. The van der Waals surface area contributed by atoms with Crippen LogP contribution in [0.4, 0.5) is 0 Å². The number of carbonyl (C=O) groups is 2. The number of aldehydes is 1. The Morgan fingerprint density at radius 3 is 2.67 bits per heavy atom. The Kier molecular flexibility index (Phi) is 7.98. The van der Waals surface area contributed by atoms with E-state index in [0.29, 0.717) is 57.3 Å². The highest BCUT2D eigenvalue weighted by Gasteiger charge is 2.83. The van der Waals surface area contributed by atoms with E-state index in [1.807, 2.05) is 13.1 Å². The molecule has 1 aromatic carbocycles. The van der Waals surface area contributed by atoms with Crippen molar-refractivity contribution in [2.45, 2.75) is 125 Å². The molecule has 6 fully saturated rings. The Balaban J connectivity index is 1.15. The van der Waals surface area contributed by atoms with E-state index in [1.165, 1.54) is 0 Å². The van der Waals surface area contributed by atoms with Crippen LogP contribution in [0.25, 0.3) is 0 Å². The Morgan fingerprint density at radius 1 is 1.02 bits per heavy atom. The lowest BCUT2D eigenvalue weighted by molar-refractivity contribution is -0.343. The molecule has 8 nitrogen and oxygen atoms in total. The van der Waals surface area contributed by atoms with E-state index in [0.717, 1.165) is 42.2 Å². The molecule has 1 heterocycles. The number of likely N-dealkylation sites (N-methyl/N-ethyl adjacent to an activating group) is 1. The first-order chi connectivity index (χ1) is 25.9. The fourth-order valence-electron chi connectivity index (χ4n) is 15.9. The van der Waals surface area contributed by atoms with E-state index in [2.05, 4.69) is 54.4 Å². The third-order valence-electron chi connectivity index (χ3n) is 18.0. The van der Waals surface area contributed by atoms with Gasteiger partial charge in [0.25, 0.3) is 0 Å². The van der Waals surface area contributed by atoms with E-state index >= 15 is 0 Å². The van der Waals surface area contributed by atoms with Crippen LogP contribution < -0.4 is 5.32 Å². The van der Waals surface area contributed by atoms with Crippen molar-refractivity contribution in [3.05, 3.63) is 59.2 Å². The lowest BCUT2D eigenvalue weighted by atomic mass is 9.36.